The van der Waals surface area contributed by atoms with Crippen LogP contribution in [-0.4, -0.2) is 61.4 Å². The van der Waals surface area contributed by atoms with Gasteiger partial charge in [-0.25, -0.2) is 0 Å². The van der Waals surface area contributed by atoms with Gasteiger partial charge in [-0.1, -0.05) is 30.3 Å². The molecule has 2 aromatic carbocycles. The normalized spacial score (nSPS) is 17.0. The van der Waals surface area contributed by atoms with Crippen molar-refractivity contribution < 1.29 is 9.59 Å². The lowest BCUT2D eigenvalue weighted by atomic mass is 9.95. The van der Waals surface area contributed by atoms with Crippen molar-refractivity contribution in [2.24, 2.45) is 0 Å². The molecule has 170 valence electrons. The van der Waals surface area contributed by atoms with E-state index in [4.69, 9.17) is 0 Å². The molecule has 2 aliphatic rings. The number of unbranched alkanes of at least 4 members (excludes halogenated alkanes) is 1. The molecule has 4 rings (SSSR count). The summed E-state index contributed by atoms with van der Waals surface area (Å²) in [5.41, 5.74) is 4.38. The van der Waals surface area contributed by atoms with Gasteiger partial charge < -0.3 is 14.7 Å². The molecule has 2 amide bonds. The molecule has 2 aliphatic heterocycles. The Morgan fingerprint density at radius 3 is 2.41 bits per heavy atom. The van der Waals surface area contributed by atoms with Gasteiger partial charge in [-0.15, -0.1) is 0 Å². The second kappa shape index (κ2) is 10.3. The van der Waals surface area contributed by atoms with Crippen LogP contribution in [0.15, 0.2) is 48.5 Å². The Labute approximate surface area is 192 Å². The van der Waals surface area contributed by atoms with Gasteiger partial charge in [0.15, 0.2) is 0 Å². The van der Waals surface area contributed by atoms with Crippen molar-refractivity contribution in [1.29, 1.82) is 0 Å². The van der Waals surface area contributed by atoms with Gasteiger partial charge in [-0.05, 0) is 88.5 Å². The number of carbonyl (C=O) groups excluding carboxylic acids is 2. The number of nitrogens with zero attached hydrogens (tertiary/aromatic N) is 3. The zero-order chi connectivity index (χ0) is 22.5. The van der Waals surface area contributed by atoms with Crippen molar-refractivity contribution >= 4 is 17.5 Å². The van der Waals surface area contributed by atoms with Gasteiger partial charge in [-0.3, -0.25) is 9.59 Å². The maximum atomic E-state index is 13.0. The van der Waals surface area contributed by atoms with Crippen LogP contribution >= 0.6 is 0 Å². The molecule has 5 heteroatoms. The van der Waals surface area contributed by atoms with Crippen LogP contribution in [0, 0.1) is 0 Å². The number of hydrogen-bond acceptors (Lipinski definition) is 3. The van der Waals surface area contributed by atoms with Crippen molar-refractivity contribution in [1.82, 2.24) is 9.80 Å². The van der Waals surface area contributed by atoms with Crippen LogP contribution in [0.5, 0.6) is 0 Å². The minimum Gasteiger partial charge on any atom is -0.338 e. The van der Waals surface area contributed by atoms with Crippen LogP contribution in [0.2, 0.25) is 0 Å². The Hall–Kier alpha value is -2.66. The molecule has 32 heavy (non-hydrogen) atoms. The zero-order valence-corrected chi connectivity index (χ0v) is 19.4. The number of fused-ring (bicyclic) bond motifs is 1. The third kappa shape index (κ3) is 5.21. The standard InChI is InChI=1S/C27H35N3O2/c1-28(2)18-6-5-7-21-10-12-23(13-11-21)27(32)29-19-16-24(17-20-29)30-25-9-4-3-8-22(25)14-15-26(30)31/h3-4,8-13,24H,5-7,14-20H2,1-2H3. The smallest absolute Gasteiger partial charge is 0.253 e. The minimum atomic E-state index is 0.105. The maximum absolute atomic E-state index is 13.0. The first-order chi connectivity index (χ1) is 15.5. The highest BCUT2D eigenvalue weighted by molar-refractivity contribution is 5.97. The van der Waals surface area contributed by atoms with Crippen LogP contribution in [0.1, 0.15) is 53.6 Å². The Kier molecular flexibility index (Phi) is 7.26. The van der Waals surface area contributed by atoms with Gasteiger partial charge in [-0.2, -0.15) is 0 Å². The highest BCUT2D eigenvalue weighted by atomic mass is 16.2. The predicted molar refractivity (Wildman–Crippen MR) is 129 cm³/mol. The molecule has 0 saturated carbocycles. The average molecular weight is 434 g/mol. The first kappa shape index (κ1) is 22.5. The number of amides is 2. The van der Waals surface area contributed by atoms with Crippen molar-refractivity contribution in [3.05, 3.63) is 65.2 Å². The summed E-state index contributed by atoms with van der Waals surface area (Å²) < 4.78 is 0. The number of carbonyl (C=O) groups is 2. The quantitative estimate of drug-likeness (QED) is 0.616. The lowest BCUT2D eigenvalue weighted by molar-refractivity contribution is -0.119. The van der Waals surface area contributed by atoms with Crippen molar-refractivity contribution in [3.63, 3.8) is 0 Å². The Bertz CT molecular complexity index is 930. The van der Waals surface area contributed by atoms with E-state index in [1.807, 2.05) is 34.1 Å². The van der Waals surface area contributed by atoms with Gasteiger partial charge in [0.05, 0.1) is 0 Å². The summed E-state index contributed by atoms with van der Waals surface area (Å²) in [6.07, 6.45) is 6.47. The van der Waals surface area contributed by atoms with E-state index in [1.54, 1.807) is 0 Å². The summed E-state index contributed by atoms with van der Waals surface area (Å²) >= 11 is 0. The molecule has 0 N–H and O–H groups in total. The Balaban J connectivity index is 1.32. The summed E-state index contributed by atoms with van der Waals surface area (Å²) in [7, 11) is 4.21. The summed E-state index contributed by atoms with van der Waals surface area (Å²) in [4.78, 5) is 31.9. The molecule has 0 aromatic heterocycles. The second-order valence-corrected chi connectivity index (χ2v) is 9.37. The molecule has 0 bridgehead atoms. The fourth-order valence-electron chi connectivity index (χ4n) is 4.93. The van der Waals surface area contributed by atoms with E-state index in [0.29, 0.717) is 19.5 Å². The number of anilines is 1. The molecular formula is C27H35N3O2. The molecule has 0 spiro atoms. The first-order valence-corrected chi connectivity index (χ1v) is 12.0. The van der Waals surface area contributed by atoms with Crippen LogP contribution in [0.25, 0.3) is 0 Å². The molecule has 5 nitrogen and oxygen atoms in total. The minimum absolute atomic E-state index is 0.105. The van der Waals surface area contributed by atoms with Crippen LogP contribution < -0.4 is 4.90 Å². The van der Waals surface area contributed by atoms with Gasteiger partial charge in [0.25, 0.3) is 5.91 Å². The molecule has 0 aliphatic carbocycles. The van der Waals surface area contributed by atoms with E-state index in [1.165, 1.54) is 17.5 Å². The maximum Gasteiger partial charge on any atom is 0.253 e. The van der Waals surface area contributed by atoms with E-state index < -0.39 is 0 Å². The molecule has 0 atom stereocenters. The Morgan fingerprint density at radius 1 is 0.969 bits per heavy atom. The third-order valence-corrected chi connectivity index (χ3v) is 6.77. The van der Waals surface area contributed by atoms with E-state index in [2.05, 4.69) is 43.3 Å². The van der Waals surface area contributed by atoms with E-state index in [0.717, 1.165) is 49.9 Å². The van der Waals surface area contributed by atoms with Crippen LogP contribution in [-0.2, 0) is 17.6 Å². The molecule has 2 aromatic rings. The number of benzene rings is 2. The van der Waals surface area contributed by atoms with Gasteiger partial charge in [0, 0.05) is 36.8 Å². The highest BCUT2D eigenvalue weighted by Gasteiger charge is 2.33. The Morgan fingerprint density at radius 2 is 1.69 bits per heavy atom. The predicted octanol–water partition coefficient (Wildman–Crippen LogP) is 4.15. The summed E-state index contributed by atoms with van der Waals surface area (Å²) in [6, 6.07) is 16.6. The fraction of sp³-hybridized carbons (Fsp3) is 0.481. The monoisotopic (exact) mass is 433 g/mol. The fourth-order valence-corrected chi connectivity index (χ4v) is 4.93. The lowest BCUT2D eigenvalue weighted by Crippen LogP contribution is -2.50. The largest absolute Gasteiger partial charge is 0.338 e. The number of piperidine rings is 1. The molecule has 1 saturated heterocycles. The van der Waals surface area contributed by atoms with Gasteiger partial charge in [0.2, 0.25) is 5.91 Å². The SMILES string of the molecule is CN(C)CCCCc1ccc(C(=O)N2CCC(N3C(=O)CCc4ccccc43)CC2)cc1. The number of aryl methyl sites for hydroxylation is 2. The van der Waals surface area contributed by atoms with Crippen molar-refractivity contribution in [3.8, 4) is 0 Å². The van der Waals surface area contributed by atoms with Crippen molar-refractivity contribution in [2.75, 3.05) is 38.6 Å². The van der Waals surface area contributed by atoms with Crippen LogP contribution in [0.3, 0.4) is 0 Å². The molecular weight excluding hydrogens is 398 g/mol. The number of likely N-dealkylation sites (tertiary alicyclic amines) is 1. The van der Waals surface area contributed by atoms with Crippen molar-refractivity contribution in [2.45, 2.75) is 51.0 Å². The first-order valence-electron chi connectivity index (χ1n) is 12.0. The number of rotatable bonds is 7. The topological polar surface area (TPSA) is 43.9 Å². The number of hydrogen-bond donors (Lipinski definition) is 0. The molecule has 1 fully saturated rings. The molecule has 2 heterocycles. The summed E-state index contributed by atoms with van der Waals surface area (Å²) in [6.45, 7) is 2.50. The second-order valence-electron chi connectivity index (χ2n) is 9.37. The van der Waals surface area contributed by atoms with E-state index in [9.17, 15) is 9.59 Å². The third-order valence-electron chi connectivity index (χ3n) is 6.77. The summed E-state index contributed by atoms with van der Waals surface area (Å²) in [5.74, 6) is 0.322. The average Bonchev–Trinajstić information content (AvgIpc) is 2.82. The summed E-state index contributed by atoms with van der Waals surface area (Å²) in [5, 5.41) is 0. The van der Waals surface area contributed by atoms with Gasteiger partial charge in [0.1, 0.15) is 0 Å². The van der Waals surface area contributed by atoms with E-state index in [-0.39, 0.29) is 17.9 Å². The van der Waals surface area contributed by atoms with Gasteiger partial charge >= 0.3 is 0 Å². The molecule has 0 radical (unpaired) electrons. The van der Waals surface area contributed by atoms with E-state index >= 15 is 0 Å². The number of para-hydroxylation sites is 1. The zero-order valence-electron chi connectivity index (χ0n) is 19.4. The highest BCUT2D eigenvalue weighted by Crippen LogP contribution is 2.32. The van der Waals surface area contributed by atoms with Crippen LogP contribution in [0.4, 0.5) is 5.69 Å². The molecule has 0 unspecified atom stereocenters. The lowest BCUT2D eigenvalue weighted by Gasteiger charge is -2.41.